The van der Waals surface area contributed by atoms with Gasteiger partial charge in [0, 0.05) is 25.9 Å². The van der Waals surface area contributed by atoms with Crippen LogP contribution in [0.25, 0.3) is 0 Å². The maximum absolute atomic E-state index is 12.7. The third-order valence-electron chi connectivity index (χ3n) is 4.67. The smallest absolute Gasteiger partial charge is 0.326 e. The van der Waals surface area contributed by atoms with Crippen molar-refractivity contribution in [3.8, 4) is 0 Å². The summed E-state index contributed by atoms with van der Waals surface area (Å²) in [5, 5.41) is 11.9. The summed E-state index contributed by atoms with van der Waals surface area (Å²) in [6, 6.07) is -0.884. The lowest BCUT2D eigenvalue weighted by molar-refractivity contribution is -0.151. The van der Waals surface area contributed by atoms with Gasteiger partial charge in [-0.2, -0.15) is 0 Å². The van der Waals surface area contributed by atoms with Gasteiger partial charge in [-0.05, 0) is 19.3 Å². The number of nitrogens with zero attached hydrogens (tertiary/aromatic N) is 1. The normalized spacial score (nSPS) is 18.0. The third kappa shape index (κ3) is 6.59. The van der Waals surface area contributed by atoms with Crippen molar-refractivity contribution in [2.45, 2.75) is 65.3 Å². The molecule has 2 atom stereocenters. The number of nitrogens with one attached hydrogen (secondary N) is 1. The van der Waals surface area contributed by atoms with Crippen LogP contribution in [0.1, 0.15) is 59.3 Å². The van der Waals surface area contributed by atoms with Crippen molar-refractivity contribution in [2.75, 3.05) is 13.1 Å². The van der Waals surface area contributed by atoms with Crippen LogP contribution in [0.4, 0.5) is 0 Å². The lowest BCUT2D eigenvalue weighted by Gasteiger charge is -2.31. The summed E-state index contributed by atoms with van der Waals surface area (Å²) in [6.45, 7) is 5.30. The van der Waals surface area contributed by atoms with Crippen LogP contribution >= 0.6 is 0 Å². The zero-order valence-corrected chi connectivity index (χ0v) is 14.5. The number of rotatable bonds is 8. The second-order valence-corrected chi connectivity index (χ2v) is 6.67. The van der Waals surface area contributed by atoms with Crippen LogP contribution in [-0.4, -0.2) is 46.9 Å². The van der Waals surface area contributed by atoms with E-state index in [0.29, 0.717) is 5.92 Å². The summed E-state index contributed by atoms with van der Waals surface area (Å²) in [7, 11) is 0. The highest BCUT2D eigenvalue weighted by Gasteiger charge is 2.30. The maximum atomic E-state index is 12.7. The Bertz CT molecular complexity index is 419. The largest absolute Gasteiger partial charge is 0.480 e. The minimum absolute atomic E-state index is 0.129. The number of hydrogen-bond donors (Lipinski definition) is 2. The lowest BCUT2D eigenvalue weighted by atomic mass is 9.83. The zero-order chi connectivity index (χ0) is 17.4. The molecule has 0 aromatic heterocycles. The van der Waals surface area contributed by atoms with Crippen LogP contribution in [0, 0.1) is 11.8 Å². The van der Waals surface area contributed by atoms with Gasteiger partial charge in [-0.3, -0.25) is 9.59 Å². The number of amides is 2. The first-order chi connectivity index (χ1) is 10.8. The van der Waals surface area contributed by atoms with E-state index in [9.17, 15) is 19.5 Å². The molecule has 132 valence electrons. The van der Waals surface area contributed by atoms with Gasteiger partial charge < -0.3 is 15.3 Å². The van der Waals surface area contributed by atoms with Crippen molar-refractivity contribution in [1.82, 2.24) is 10.2 Å². The Hall–Kier alpha value is -1.59. The van der Waals surface area contributed by atoms with Gasteiger partial charge in [0.25, 0.3) is 0 Å². The molecule has 1 saturated carbocycles. The minimum atomic E-state index is -1.02. The molecule has 0 bridgehead atoms. The Labute approximate surface area is 138 Å². The number of carbonyl (C=O) groups is 3. The molecule has 1 rings (SSSR count). The quantitative estimate of drug-likeness (QED) is 0.714. The Morgan fingerprint density at radius 3 is 2.30 bits per heavy atom. The average Bonchev–Trinajstić information content (AvgIpc) is 2.51. The molecule has 0 spiro atoms. The number of carbonyl (C=O) groups excluding carboxylic acids is 2. The second-order valence-electron chi connectivity index (χ2n) is 6.67. The van der Waals surface area contributed by atoms with Gasteiger partial charge in [-0.1, -0.05) is 39.0 Å². The van der Waals surface area contributed by atoms with Crippen LogP contribution in [0.3, 0.4) is 0 Å². The van der Waals surface area contributed by atoms with E-state index in [-0.39, 0.29) is 30.8 Å². The molecule has 2 unspecified atom stereocenters. The van der Waals surface area contributed by atoms with E-state index in [0.717, 1.165) is 19.3 Å². The van der Waals surface area contributed by atoms with Crippen molar-refractivity contribution in [3.05, 3.63) is 0 Å². The van der Waals surface area contributed by atoms with E-state index in [2.05, 4.69) is 5.32 Å². The minimum Gasteiger partial charge on any atom is -0.480 e. The summed E-state index contributed by atoms with van der Waals surface area (Å²) in [5.74, 6) is -0.949. The van der Waals surface area contributed by atoms with Crippen molar-refractivity contribution in [2.24, 2.45) is 11.8 Å². The molecule has 0 aromatic rings. The van der Waals surface area contributed by atoms with Crippen molar-refractivity contribution >= 4 is 17.8 Å². The molecule has 6 nitrogen and oxygen atoms in total. The Balaban J connectivity index is 2.64. The highest BCUT2D eigenvalue weighted by molar-refractivity contribution is 5.84. The molecule has 2 amide bonds. The number of carboxylic acid groups (broad SMARTS) is 1. The predicted octanol–water partition coefficient (Wildman–Crippen LogP) is 2.03. The van der Waals surface area contributed by atoms with Gasteiger partial charge in [-0.15, -0.1) is 0 Å². The van der Waals surface area contributed by atoms with Gasteiger partial charge in [-0.25, -0.2) is 4.79 Å². The number of carboxylic acids is 1. The first-order valence-corrected chi connectivity index (χ1v) is 8.60. The van der Waals surface area contributed by atoms with E-state index in [1.54, 1.807) is 0 Å². The van der Waals surface area contributed by atoms with Crippen LogP contribution in [0.5, 0.6) is 0 Å². The van der Waals surface area contributed by atoms with Gasteiger partial charge in [0.1, 0.15) is 6.04 Å². The van der Waals surface area contributed by atoms with Crippen LogP contribution in [0.15, 0.2) is 0 Å². The molecule has 0 aromatic carbocycles. The molecule has 1 fully saturated rings. The van der Waals surface area contributed by atoms with Gasteiger partial charge in [0.2, 0.25) is 11.8 Å². The van der Waals surface area contributed by atoms with Gasteiger partial charge >= 0.3 is 5.97 Å². The Kier molecular flexibility index (Phi) is 8.06. The van der Waals surface area contributed by atoms with Crippen LogP contribution in [-0.2, 0) is 14.4 Å². The summed E-state index contributed by atoms with van der Waals surface area (Å²) < 4.78 is 0. The first kappa shape index (κ1) is 19.5. The number of hydrogen-bond acceptors (Lipinski definition) is 3. The molecule has 1 aliphatic rings. The number of aliphatic carboxylic acids is 1. The van der Waals surface area contributed by atoms with E-state index < -0.39 is 12.0 Å². The average molecular weight is 326 g/mol. The Morgan fingerprint density at radius 1 is 1.17 bits per heavy atom. The van der Waals surface area contributed by atoms with Crippen molar-refractivity contribution < 1.29 is 19.5 Å². The SMILES string of the molecule is CC(=O)NCCN(C(=O)C(C)CC1CCCCC1)C(C)C(=O)O. The lowest BCUT2D eigenvalue weighted by Crippen LogP contribution is -2.48. The van der Waals surface area contributed by atoms with Gasteiger partial charge in [0.05, 0.1) is 0 Å². The van der Waals surface area contributed by atoms with E-state index in [1.807, 2.05) is 6.92 Å². The van der Waals surface area contributed by atoms with Crippen molar-refractivity contribution in [3.63, 3.8) is 0 Å². The fourth-order valence-electron chi connectivity index (χ4n) is 3.29. The van der Waals surface area contributed by atoms with Crippen molar-refractivity contribution in [1.29, 1.82) is 0 Å². The molecule has 2 N–H and O–H groups in total. The topological polar surface area (TPSA) is 86.7 Å². The summed E-state index contributed by atoms with van der Waals surface area (Å²) in [5.41, 5.74) is 0. The van der Waals surface area contributed by atoms with E-state index in [4.69, 9.17) is 0 Å². The second kappa shape index (κ2) is 9.53. The molecule has 0 aliphatic heterocycles. The molecule has 23 heavy (non-hydrogen) atoms. The molecular weight excluding hydrogens is 296 g/mol. The van der Waals surface area contributed by atoms with E-state index in [1.165, 1.54) is 38.0 Å². The van der Waals surface area contributed by atoms with Crippen LogP contribution in [0.2, 0.25) is 0 Å². The highest BCUT2D eigenvalue weighted by atomic mass is 16.4. The fraction of sp³-hybridized carbons (Fsp3) is 0.824. The summed E-state index contributed by atoms with van der Waals surface area (Å²) in [4.78, 5) is 36.3. The molecule has 0 radical (unpaired) electrons. The molecule has 0 saturated heterocycles. The third-order valence-corrected chi connectivity index (χ3v) is 4.67. The van der Waals surface area contributed by atoms with E-state index >= 15 is 0 Å². The van der Waals surface area contributed by atoms with Crippen LogP contribution < -0.4 is 5.32 Å². The summed E-state index contributed by atoms with van der Waals surface area (Å²) in [6.07, 6.45) is 6.88. The first-order valence-electron chi connectivity index (χ1n) is 8.60. The monoisotopic (exact) mass is 326 g/mol. The zero-order valence-electron chi connectivity index (χ0n) is 14.5. The fourth-order valence-corrected chi connectivity index (χ4v) is 3.29. The maximum Gasteiger partial charge on any atom is 0.326 e. The molecule has 1 aliphatic carbocycles. The summed E-state index contributed by atoms with van der Waals surface area (Å²) >= 11 is 0. The highest BCUT2D eigenvalue weighted by Crippen LogP contribution is 2.29. The predicted molar refractivity (Wildman–Crippen MR) is 87.9 cm³/mol. The molecule has 0 heterocycles. The Morgan fingerprint density at radius 2 is 1.78 bits per heavy atom. The van der Waals surface area contributed by atoms with Gasteiger partial charge in [0.15, 0.2) is 0 Å². The molecule has 6 heteroatoms. The molecular formula is C17H30N2O4. The standard InChI is InChI=1S/C17H30N2O4/c1-12(11-15-7-5-4-6-8-15)16(21)19(13(2)17(22)23)10-9-18-14(3)20/h12-13,15H,4-11H2,1-3H3,(H,18,20)(H,22,23).